The molecule has 0 aliphatic rings. The summed E-state index contributed by atoms with van der Waals surface area (Å²) in [7, 11) is 0. The molecule has 7 nitrogen and oxygen atoms in total. The van der Waals surface area contributed by atoms with Crippen LogP contribution >= 0.6 is 11.3 Å². The molecule has 0 unspecified atom stereocenters. The number of anilines is 2. The van der Waals surface area contributed by atoms with Crippen LogP contribution in [0.15, 0.2) is 36.0 Å². The molecule has 0 aliphatic heterocycles. The quantitative estimate of drug-likeness (QED) is 0.707. The summed E-state index contributed by atoms with van der Waals surface area (Å²) in [4.78, 5) is 29.0. The highest BCUT2D eigenvalue weighted by Gasteiger charge is 2.08. The number of rotatable bonds is 6. The second kappa shape index (κ2) is 7.80. The third kappa shape index (κ3) is 4.57. The van der Waals surface area contributed by atoms with Crippen molar-refractivity contribution in [1.82, 2.24) is 19.9 Å². The Morgan fingerprint density at radius 2 is 2.00 bits per heavy atom. The molecule has 128 valence electrons. The Bertz CT molecular complexity index is 865. The zero-order valence-electron chi connectivity index (χ0n) is 14.0. The van der Waals surface area contributed by atoms with Crippen molar-refractivity contribution < 1.29 is 4.79 Å². The number of hydrogen-bond acceptors (Lipinski definition) is 7. The van der Waals surface area contributed by atoms with Gasteiger partial charge < -0.3 is 10.6 Å². The molecule has 0 saturated carbocycles. The lowest BCUT2D eigenvalue weighted by molar-refractivity contribution is -0.115. The van der Waals surface area contributed by atoms with E-state index in [1.54, 1.807) is 12.4 Å². The highest BCUT2D eigenvalue weighted by molar-refractivity contribution is 7.13. The first-order chi connectivity index (χ1) is 12.1. The summed E-state index contributed by atoms with van der Waals surface area (Å²) in [5.74, 6) is 0.386. The average molecular weight is 354 g/mol. The van der Waals surface area contributed by atoms with Crippen LogP contribution in [0.25, 0.3) is 11.3 Å². The van der Waals surface area contributed by atoms with E-state index >= 15 is 0 Å². The first-order valence-corrected chi connectivity index (χ1v) is 8.70. The van der Waals surface area contributed by atoms with Crippen molar-refractivity contribution in [2.24, 2.45) is 0 Å². The van der Waals surface area contributed by atoms with Gasteiger partial charge in [-0.1, -0.05) is 0 Å². The minimum atomic E-state index is -0.0998. The fourth-order valence-corrected chi connectivity index (χ4v) is 2.85. The number of thiazole rings is 1. The molecule has 0 bridgehead atoms. The summed E-state index contributed by atoms with van der Waals surface area (Å²) in [6, 6.07) is 5.81. The first-order valence-electron chi connectivity index (χ1n) is 7.83. The summed E-state index contributed by atoms with van der Waals surface area (Å²) in [6.07, 6.45) is 3.65. The molecule has 25 heavy (non-hydrogen) atoms. The molecule has 0 aromatic carbocycles. The topological polar surface area (TPSA) is 92.7 Å². The fraction of sp³-hybridized carbons (Fsp3) is 0.235. The number of carbonyl (C=O) groups excluding carboxylic acids is 1. The lowest BCUT2D eigenvalue weighted by atomic mass is 10.1. The van der Waals surface area contributed by atoms with Crippen molar-refractivity contribution >= 4 is 28.3 Å². The van der Waals surface area contributed by atoms with Crippen LogP contribution in [0.2, 0.25) is 0 Å². The van der Waals surface area contributed by atoms with Crippen molar-refractivity contribution in [3.05, 3.63) is 47.4 Å². The molecule has 0 aliphatic carbocycles. The maximum atomic E-state index is 11.8. The van der Waals surface area contributed by atoms with Crippen LogP contribution in [0.5, 0.6) is 0 Å². The van der Waals surface area contributed by atoms with Crippen molar-refractivity contribution in [2.45, 2.75) is 20.3 Å². The van der Waals surface area contributed by atoms with Crippen LogP contribution in [0, 0.1) is 13.8 Å². The zero-order valence-corrected chi connectivity index (χ0v) is 14.8. The van der Waals surface area contributed by atoms with Gasteiger partial charge in [0.2, 0.25) is 11.9 Å². The molecule has 0 spiro atoms. The van der Waals surface area contributed by atoms with Gasteiger partial charge in [0.05, 0.1) is 5.69 Å². The van der Waals surface area contributed by atoms with Crippen LogP contribution in [0.3, 0.4) is 0 Å². The van der Waals surface area contributed by atoms with Crippen molar-refractivity contribution in [3.8, 4) is 11.3 Å². The summed E-state index contributed by atoms with van der Waals surface area (Å²) in [5, 5.41) is 8.23. The number of aryl methyl sites for hydroxylation is 2. The maximum absolute atomic E-state index is 11.8. The Balaban J connectivity index is 1.59. The molecule has 0 fully saturated rings. The van der Waals surface area contributed by atoms with E-state index in [0.29, 0.717) is 24.0 Å². The van der Waals surface area contributed by atoms with E-state index < -0.39 is 0 Å². The van der Waals surface area contributed by atoms with Gasteiger partial charge in [-0.3, -0.25) is 9.78 Å². The SMILES string of the molecule is Cc1ccc(-c2ccnc(NCCC(=O)Nc3nccs3)n2)c(C)n1. The molecule has 3 rings (SSSR count). The summed E-state index contributed by atoms with van der Waals surface area (Å²) < 4.78 is 0. The molecular formula is C17H18N6OS. The first kappa shape index (κ1) is 17.0. The van der Waals surface area contributed by atoms with Gasteiger partial charge in [0.15, 0.2) is 5.13 Å². The lowest BCUT2D eigenvalue weighted by Crippen LogP contribution is -2.16. The molecule has 0 atom stereocenters. The molecule has 3 aromatic heterocycles. The standard InChI is InChI=1S/C17H18N6OS/c1-11-3-4-13(12(2)21-11)14-5-7-18-16(22-14)19-8-6-15(24)23-17-20-9-10-25-17/h3-5,7,9-10H,6,8H2,1-2H3,(H,18,19,22)(H,20,23,24). The number of pyridine rings is 1. The number of nitrogens with one attached hydrogen (secondary N) is 2. The molecule has 2 N–H and O–H groups in total. The number of carbonyl (C=O) groups is 1. The van der Waals surface area contributed by atoms with Gasteiger partial charge in [-0.15, -0.1) is 11.3 Å². The molecule has 8 heteroatoms. The van der Waals surface area contributed by atoms with Crippen molar-refractivity contribution in [1.29, 1.82) is 0 Å². The maximum Gasteiger partial charge on any atom is 0.227 e. The van der Waals surface area contributed by atoms with Gasteiger partial charge >= 0.3 is 0 Å². The number of aromatic nitrogens is 4. The number of hydrogen-bond donors (Lipinski definition) is 2. The van der Waals surface area contributed by atoms with Crippen LogP contribution in [-0.2, 0) is 4.79 Å². The minimum Gasteiger partial charge on any atom is -0.354 e. The third-order valence-electron chi connectivity index (χ3n) is 3.47. The summed E-state index contributed by atoms with van der Waals surface area (Å²) in [6.45, 7) is 4.35. The zero-order chi connectivity index (χ0) is 17.6. The number of amides is 1. The summed E-state index contributed by atoms with van der Waals surface area (Å²) in [5.41, 5.74) is 3.67. The van der Waals surface area contributed by atoms with Crippen LogP contribution in [0.4, 0.5) is 11.1 Å². The van der Waals surface area contributed by atoms with E-state index in [9.17, 15) is 4.79 Å². The molecule has 0 saturated heterocycles. The molecular weight excluding hydrogens is 336 g/mol. The van der Waals surface area contributed by atoms with Crippen molar-refractivity contribution in [3.63, 3.8) is 0 Å². The van der Waals surface area contributed by atoms with Crippen LogP contribution < -0.4 is 10.6 Å². The Hall–Kier alpha value is -2.87. The van der Waals surface area contributed by atoms with Gasteiger partial charge in [-0.05, 0) is 32.0 Å². The van der Waals surface area contributed by atoms with Gasteiger partial charge in [0.25, 0.3) is 0 Å². The van der Waals surface area contributed by atoms with Crippen molar-refractivity contribution in [2.75, 3.05) is 17.2 Å². The van der Waals surface area contributed by atoms with Gasteiger partial charge in [0.1, 0.15) is 0 Å². The lowest BCUT2D eigenvalue weighted by Gasteiger charge is -2.08. The second-order valence-corrected chi connectivity index (χ2v) is 6.31. The molecule has 3 heterocycles. The predicted molar refractivity (Wildman–Crippen MR) is 98.6 cm³/mol. The highest BCUT2D eigenvalue weighted by atomic mass is 32.1. The van der Waals surface area contributed by atoms with E-state index in [1.807, 2.05) is 37.4 Å². The molecule has 3 aromatic rings. The van der Waals surface area contributed by atoms with E-state index in [4.69, 9.17) is 0 Å². The average Bonchev–Trinajstić information content (AvgIpc) is 3.08. The van der Waals surface area contributed by atoms with E-state index in [1.165, 1.54) is 11.3 Å². The van der Waals surface area contributed by atoms with Crippen LogP contribution in [0.1, 0.15) is 17.8 Å². The Morgan fingerprint density at radius 3 is 2.76 bits per heavy atom. The van der Waals surface area contributed by atoms with E-state index in [2.05, 4.69) is 30.6 Å². The monoisotopic (exact) mass is 354 g/mol. The number of nitrogens with zero attached hydrogens (tertiary/aromatic N) is 4. The normalized spacial score (nSPS) is 10.5. The van der Waals surface area contributed by atoms with E-state index in [0.717, 1.165) is 22.6 Å². The Labute approximate surface area is 149 Å². The molecule has 0 radical (unpaired) electrons. The largest absolute Gasteiger partial charge is 0.354 e. The smallest absolute Gasteiger partial charge is 0.227 e. The Morgan fingerprint density at radius 1 is 1.12 bits per heavy atom. The van der Waals surface area contributed by atoms with E-state index in [-0.39, 0.29) is 5.91 Å². The Kier molecular flexibility index (Phi) is 5.30. The fourth-order valence-electron chi connectivity index (χ4n) is 2.31. The minimum absolute atomic E-state index is 0.0998. The van der Waals surface area contributed by atoms with Gasteiger partial charge in [0, 0.05) is 47.7 Å². The van der Waals surface area contributed by atoms with Crippen LogP contribution in [-0.4, -0.2) is 32.4 Å². The third-order valence-corrected chi connectivity index (χ3v) is 4.16. The van der Waals surface area contributed by atoms with Gasteiger partial charge in [-0.25, -0.2) is 15.0 Å². The predicted octanol–water partition coefficient (Wildman–Crippen LogP) is 3.05. The van der Waals surface area contributed by atoms with Gasteiger partial charge in [-0.2, -0.15) is 0 Å². The highest BCUT2D eigenvalue weighted by Crippen LogP contribution is 2.20. The second-order valence-electron chi connectivity index (χ2n) is 5.41. The summed E-state index contributed by atoms with van der Waals surface area (Å²) >= 11 is 1.39. The molecule has 1 amide bonds.